The highest BCUT2D eigenvalue weighted by Crippen LogP contribution is 2.59. The molecule has 1 aromatic rings. The largest absolute Gasteiger partial charge is 0.484 e. The molecule has 4 aliphatic carbocycles. The predicted octanol–water partition coefficient (Wildman–Crippen LogP) is 4.15. The van der Waals surface area contributed by atoms with Crippen LogP contribution in [0.1, 0.15) is 57.4 Å². The number of ether oxygens (including phenoxy) is 2. The second kappa shape index (κ2) is 7.46. The fourth-order valence-electron chi connectivity index (χ4n) is 6.06. The normalized spacial score (nSPS) is 34.1. The lowest BCUT2D eigenvalue weighted by Gasteiger charge is -2.60. The van der Waals surface area contributed by atoms with Gasteiger partial charge in [-0.2, -0.15) is 0 Å². The molecule has 1 aromatic carbocycles. The van der Waals surface area contributed by atoms with Crippen LogP contribution in [0.4, 0.5) is 0 Å². The second-order valence-electron chi connectivity index (χ2n) is 9.25. The second-order valence-corrected chi connectivity index (χ2v) is 9.25. The van der Waals surface area contributed by atoms with Crippen molar-refractivity contribution >= 4 is 5.91 Å². The van der Waals surface area contributed by atoms with Crippen molar-refractivity contribution in [3.8, 4) is 5.75 Å². The molecule has 4 saturated carbocycles. The van der Waals surface area contributed by atoms with Crippen LogP contribution in [-0.2, 0) is 9.53 Å². The first-order valence-corrected chi connectivity index (χ1v) is 10.5. The molecule has 0 spiro atoms. The molecule has 0 aromatic heterocycles. The Bertz CT molecular complexity index is 639. The maximum absolute atomic E-state index is 12.4. The van der Waals surface area contributed by atoms with Crippen molar-refractivity contribution in [1.82, 2.24) is 5.32 Å². The SMILES string of the molecule is COC1(CNC(=O)COc2ccc(C(C)C)cc2)C2CC3CC(C2)CC1C3. The van der Waals surface area contributed by atoms with Gasteiger partial charge in [0, 0.05) is 13.7 Å². The lowest BCUT2D eigenvalue weighted by atomic mass is 9.49. The molecule has 0 saturated heterocycles. The van der Waals surface area contributed by atoms with Crippen molar-refractivity contribution in [1.29, 1.82) is 0 Å². The van der Waals surface area contributed by atoms with Crippen LogP contribution in [0.5, 0.6) is 5.75 Å². The maximum Gasteiger partial charge on any atom is 0.258 e. The third-order valence-corrected chi connectivity index (χ3v) is 7.38. The summed E-state index contributed by atoms with van der Waals surface area (Å²) in [4.78, 5) is 12.4. The number of rotatable bonds is 7. The van der Waals surface area contributed by atoms with Gasteiger partial charge in [-0.1, -0.05) is 26.0 Å². The number of carbonyl (C=O) groups is 1. The summed E-state index contributed by atoms with van der Waals surface area (Å²) in [6.45, 7) is 5.01. The van der Waals surface area contributed by atoms with E-state index in [-0.39, 0.29) is 18.1 Å². The van der Waals surface area contributed by atoms with Crippen LogP contribution in [0.2, 0.25) is 0 Å². The fourth-order valence-corrected chi connectivity index (χ4v) is 6.06. The van der Waals surface area contributed by atoms with E-state index in [4.69, 9.17) is 9.47 Å². The van der Waals surface area contributed by atoms with Gasteiger partial charge in [-0.3, -0.25) is 4.79 Å². The fraction of sp³-hybridized carbons (Fsp3) is 0.696. The number of hydrogen-bond donors (Lipinski definition) is 1. The first-order valence-electron chi connectivity index (χ1n) is 10.5. The van der Waals surface area contributed by atoms with Crippen molar-refractivity contribution in [2.75, 3.05) is 20.3 Å². The molecule has 148 valence electrons. The molecule has 0 aliphatic heterocycles. The molecule has 4 bridgehead atoms. The molecule has 0 unspecified atom stereocenters. The summed E-state index contributed by atoms with van der Waals surface area (Å²) < 4.78 is 11.8. The van der Waals surface area contributed by atoms with E-state index in [0.29, 0.717) is 24.3 Å². The van der Waals surface area contributed by atoms with Crippen LogP contribution in [0.3, 0.4) is 0 Å². The van der Waals surface area contributed by atoms with Crippen molar-refractivity contribution in [2.45, 2.75) is 57.5 Å². The van der Waals surface area contributed by atoms with E-state index in [1.165, 1.54) is 37.7 Å². The first kappa shape index (κ1) is 18.8. The van der Waals surface area contributed by atoms with Gasteiger partial charge in [0.25, 0.3) is 5.91 Å². The van der Waals surface area contributed by atoms with E-state index in [0.717, 1.165) is 17.6 Å². The van der Waals surface area contributed by atoms with E-state index in [1.54, 1.807) is 0 Å². The Labute approximate surface area is 163 Å². The zero-order valence-electron chi connectivity index (χ0n) is 16.9. The number of carbonyl (C=O) groups excluding carboxylic acids is 1. The number of benzene rings is 1. The zero-order valence-corrected chi connectivity index (χ0v) is 16.9. The highest BCUT2D eigenvalue weighted by molar-refractivity contribution is 5.77. The lowest BCUT2D eigenvalue weighted by molar-refractivity contribution is -0.188. The molecule has 1 amide bonds. The van der Waals surface area contributed by atoms with Gasteiger partial charge in [0.1, 0.15) is 5.75 Å². The van der Waals surface area contributed by atoms with Crippen LogP contribution in [0.25, 0.3) is 0 Å². The highest BCUT2D eigenvalue weighted by atomic mass is 16.5. The third kappa shape index (κ3) is 3.61. The topological polar surface area (TPSA) is 47.6 Å². The van der Waals surface area contributed by atoms with Gasteiger partial charge in [0.05, 0.1) is 5.60 Å². The first-order chi connectivity index (χ1) is 13.0. The minimum Gasteiger partial charge on any atom is -0.484 e. The minimum absolute atomic E-state index is 0.0569. The van der Waals surface area contributed by atoms with Crippen LogP contribution in [-0.4, -0.2) is 31.8 Å². The molecular weight excluding hydrogens is 338 g/mol. The van der Waals surface area contributed by atoms with Gasteiger partial charge in [-0.25, -0.2) is 0 Å². The van der Waals surface area contributed by atoms with Gasteiger partial charge in [0.15, 0.2) is 6.61 Å². The molecule has 0 radical (unpaired) electrons. The molecule has 4 fully saturated rings. The van der Waals surface area contributed by atoms with Gasteiger partial charge in [0.2, 0.25) is 0 Å². The number of hydrogen-bond acceptors (Lipinski definition) is 3. The molecular formula is C23H33NO3. The number of amides is 1. The molecule has 0 atom stereocenters. The average molecular weight is 372 g/mol. The summed E-state index contributed by atoms with van der Waals surface area (Å²) in [5.41, 5.74) is 1.11. The minimum atomic E-state index is -0.165. The Morgan fingerprint density at radius 3 is 2.19 bits per heavy atom. The molecule has 27 heavy (non-hydrogen) atoms. The van der Waals surface area contributed by atoms with Gasteiger partial charge >= 0.3 is 0 Å². The molecule has 1 N–H and O–H groups in total. The van der Waals surface area contributed by atoms with Crippen molar-refractivity contribution in [3.05, 3.63) is 29.8 Å². The van der Waals surface area contributed by atoms with E-state index < -0.39 is 0 Å². The van der Waals surface area contributed by atoms with Crippen molar-refractivity contribution in [3.63, 3.8) is 0 Å². The summed E-state index contributed by atoms with van der Waals surface area (Å²) in [5, 5.41) is 3.11. The Kier molecular flexibility index (Phi) is 5.19. The van der Waals surface area contributed by atoms with E-state index in [1.807, 2.05) is 19.2 Å². The highest BCUT2D eigenvalue weighted by Gasteiger charge is 2.57. The van der Waals surface area contributed by atoms with E-state index in [2.05, 4.69) is 31.3 Å². The Balaban J connectivity index is 1.31. The Hall–Kier alpha value is -1.55. The van der Waals surface area contributed by atoms with E-state index >= 15 is 0 Å². The third-order valence-electron chi connectivity index (χ3n) is 7.38. The Morgan fingerprint density at radius 1 is 1.07 bits per heavy atom. The van der Waals surface area contributed by atoms with Crippen LogP contribution >= 0.6 is 0 Å². The Morgan fingerprint density at radius 2 is 1.67 bits per heavy atom. The maximum atomic E-state index is 12.4. The van der Waals surface area contributed by atoms with Gasteiger partial charge < -0.3 is 14.8 Å². The van der Waals surface area contributed by atoms with Gasteiger partial charge in [-0.05, 0) is 79.4 Å². The zero-order chi connectivity index (χ0) is 19.0. The standard InChI is InChI=1S/C23H33NO3/c1-15(2)18-4-6-21(7-5-18)27-13-22(25)24-14-23(26-3)19-9-16-8-17(11-19)12-20(23)10-16/h4-7,15-17,19-20H,8-14H2,1-3H3,(H,24,25). The molecule has 5 rings (SSSR count). The van der Waals surface area contributed by atoms with Crippen molar-refractivity contribution < 1.29 is 14.3 Å². The summed E-state index contributed by atoms with van der Waals surface area (Å²) in [6.07, 6.45) is 6.51. The monoisotopic (exact) mass is 371 g/mol. The summed E-state index contributed by atoms with van der Waals surface area (Å²) >= 11 is 0. The predicted molar refractivity (Wildman–Crippen MR) is 106 cm³/mol. The van der Waals surface area contributed by atoms with Crippen LogP contribution < -0.4 is 10.1 Å². The molecule has 4 heteroatoms. The molecule has 0 heterocycles. The number of methoxy groups -OCH3 is 1. The summed E-state index contributed by atoms with van der Waals surface area (Å²) in [5.74, 6) is 4.16. The molecule has 4 nitrogen and oxygen atoms in total. The van der Waals surface area contributed by atoms with Crippen molar-refractivity contribution in [2.24, 2.45) is 23.7 Å². The molecule has 4 aliphatic rings. The number of nitrogens with one attached hydrogen (secondary N) is 1. The van der Waals surface area contributed by atoms with Crippen LogP contribution in [0, 0.1) is 23.7 Å². The quantitative estimate of drug-likeness (QED) is 0.783. The lowest BCUT2D eigenvalue weighted by Crippen LogP contribution is -2.63. The van der Waals surface area contributed by atoms with Gasteiger partial charge in [-0.15, -0.1) is 0 Å². The van der Waals surface area contributed by atoms with Crippen LogP contribution in [0.15, 0.2) is 24.3 Å². The summed E-state index contributed by atoms with van der Waals surface area (Å²) in [7, 11) is 1.83. The smallest absolute Gasteiger partial charge is 0.258 e. The average Bonchev–Trinajstić information content (AvgIpc) is 2.66. The van der Waals surface area contributed by atoms with E-state index in [9.17, 15) is 4.79 Å². The summed E-state index contributed by atoms with van der Waals surface area (Å²) in [6, 6.07) is 8.01.